The fraction of sp³-hybridized carbons (Fsp3) is 0.321. The number of anilines is 3. The Balaban J connectivity index is 1.36. The molecule has 0 unspecified atom stereocenters. The molecule has 2 atom stereocenters. The standard InChI is InChI=1S/C28H27N7O6/c1-39-24-17-40-16-23(24)31-21-10-25(30-12-20(21)11-29)33-28(38)35-7-4-5-18-9-19(22(14-36)32-27(18)35)13-34-6-2-3-8-41-26(34)15-37/h2-3,6,8-10,12,14,23-24H,4-5,7,13,16-17H2,1H3,(H2,30,31,33,38)/t23-,24-/m1/s1. The van der Waals surface area contributed by atoms with Crippen molar-refractivity contribution in [3.05, 3.63) is 71.2 Å². The van der Waals surface area contributed by atoms with E-state index in [1.807, 2.05) is 6.07 Å². The number of amides is 2. The highest BCUT2D eigenvalue weighted by molar-refractivity contribution is 6.01. The fourth-order valence-corrected chi connectivity index (χ4v) is 4.82. The van der Waals surface area contributed by atoms with Gasteiger partial charge < -0.3 is 24.4 Å². The Morgan fingerprint density at radius 2 is 2.20 bits per heavy atom. The van der Waals surface area contributed by atoms with Crippen LogP contribution < -0.4 is 15.5 Å². The number of aldehydes is 1. The monoisotopic (exact) mass is 557 g/mol. The number of rotatable bonds is 7. The Hall–Kier alpha value is -5.02. The summed E-state index contributed by atoms with van der Waals surface area (Å²) in [5.41, 5.74) is 2.28. The van der Waals surface area contributed by atoms with Crippen LogP contribution in [-0.2, 0) is 32.0 Å². The van der Waals surface area contributed by atoms with Gasteiger partial charge in [0.15, 0.2) is 12.2 Å². The highest BCUT2D eigenvalue weighted by Crippen LogP contribution is 2.29. The molecule has 3 aliphatic rings. The quantitative estimate of drug-likeness (QED) is 0.380. The van der Waals surface area contributed by atoms with E-state index >= 15 is 0 Å². The number of pyridine rings is 2. The van der Waals surface area contributed by atoms with E-state index in [0.717, 1.165) is 5.56 Å². The fourth-order valence-electron chi connectivity index (χ4n) is 4.82. The maximum atomic E-state index is 13.4. The molecular formula is C28H27N7O6. The summed E-state index contributed by atoms with van der Waals surface area (Å²) >= 11 is 0. The van der Waals surface area contributed by atoms with Gasteiger partial charge in [0.05, 0.1) is 43.3 Å². The van der Waals surface area contributed by atoms with Crippen molar-refractivity contribution in [1.29, 1.82) is 5.26 Å². The summed E-state index contributed by atoms with van der Waals surface area (Å²) in [7, 11) is 1.60. The van der Waals surface area contributed by atoms with E-state index in [1.54, 1.807) is 37.5 Å². The van der Waals surface area contributed by atoms with Crippen molar-refractivity contribution in [2.75, 3.05) is 42.4 Å². The van der Waals surface area contributed by atoms with Crippen LogP contribution in [0.25, 0.3) is 0 Å². The number of allylic oxidation sites excluding steroid dienone is 2. The molecule has 3 aliphatic heterocycles. The van der Waals surface area contributed by atoms with Gasteiger partial charge in [0.25, 0.3) is 5.88 Å². The number of carbonyl (C=O) groups excluding carboxylic acids is 3. The van der Waals surface area contributed by atoms with Gasteiger partial charge in [0, 0.05) is 37.7 Å². The predicted octanol–water partition coefficient (Wildman–Crippen LogP) is 2.50. The van der Waals surface area contributed by atoms with E-state index < -0.39 is 6.03 Å². The van der Waals surface area contributed by atoms with Crippen molar-refractivity contribution in [1.82, 2.24) is 14.9 Å². The highest BCUT2D eigenvalue weighted by atomic mass is 16.5. The van der Waals surface area contributed by atoms with Gasteiger partial charge in [-0.15, -0.1) is 0 Å². The molecular weight excluding hydrogens is 530 g/mol. The molecule has 0 aromatic carbocycles. The van der Waals surface area contributed by atoms with E-state index in [9.17, 15) is 19.6 Å². The number of hydrogen-bond acceptors (Lipinski definition) is 11. The number of nitrogens with one attached hydrogen (secondary N) is 2. The largest absolute Gasteiger partial charge is 0.440 e. The molecule has 0 bridgehead atoms. The van der Waals surface area contributed by atoms with Crippen molar-refractivity contribution in [2.24, 2.45) is 0 Å². The van der Waals surface area contributed by atoms with E-state index in [1.165, 1.54) is 22.3 Å². The Kier molecular flexibility index (Phi) is 8.36. The molecule has 1 fully saturated rings. The Bertz CT molecular complexity index is 1490. The molecule has 0 spiro atoms. The first-order chi connectivity index (χ1) is 20.0. The van der Waals surface area contributed by atoms with Crippen LogP contribution >= 0.6 is 0 Å². The lowest BCUT2D eigenvalue weighted by molar-refractivity contribution is 0.0795. The van der Waals surface area contributed by atoms with Crippen molar-refractivity contribution < 1.29 is 28.6 Å². The second kappa shape index (κ2) is 12.4. The Morgan fingerprint density at radius 1 is 1.32 bits per heavy atom. The number of carbonyl (C=O) groups is 2. The van der Waals surface area contributed by atoms with Gasteiger partial charge in [0.2, 0.25) is 0 Å². The van der Waals surface area contributed by atoms with E-state index in [2.05, 4.69) is 26.7 Å². The number of methoxy groups -OCH3 is 1. The van der Waals surface area contributed by atoms with Gasteiger partial charge in [-0.3, -0.25) is 15.0 Å². The number of ether oxygens (including phenoxy) is 3. The molecule has 0 aliphatic carbocycles. The summed E-state index contributed by atoms with van der Waals surface area (Å²) in [6, 6.07) is 4.86. The third-order valence-electron chi connectivity index (χ3n) is 6.89. The first-order valence-corrected chi connectivity index (χ1v) is 12.9. The third-order valence-corrected chi connectivity index (χ3v) is 6.89. The van der Waals surface area contributed by atoms with Gasteiger partial charge in [-0.05, 0) is 36.6 Å². The first kappa shape index (κ1) is 27.5. The van der Waals surface area contributed by atoms with Crippen LogP contribution in [0.2, 0.25) is 0 Å². The van der Waals surface area contributed by atoms with Crippen LogP contribution in [0.3, 0.4) is 0 Å². The number of aromatic nitrogens is 2. The topological polar surface area (TPSA) is 159 Å². The average molecular weight is 558 g/mol. The minimum atomic E-state index is -0.480. The van der Waals surface area contributed by atoms with Gasteiger partial charge >= 0.3 is 6.03 Å². The zero-order valence-corrected chi connectivity index (χ0v) is 22.2. The number of aryl methyl sites for hydroxylation is 1. The summed E-state index contributed by atoms with van der Waals surface area (Å²) in [6.45, 7) is 1.37. The molecule has 41 heavy (non-hydrogen) atoms. The lowest BCUT2D eigenvalue weighted by atomic mass is 10.0. The van der Waals surface area contributed by atoms with Crippen molar-refractivity contribution in [3.8, 4) is 6.07 Å². The van der Waals surface area contributed by atoms with Gasteiger partial charge in [-0.2, -0.15) is 5.26 Å². The normalized spacial score (nSPS) is 19.5. The molecule has 0 saturated carbocycles. The zero-order valence-electron chi connectivity index (χ0n) is 22.2. The third kappa shape index (κ3) is 5.95. The minimum Gasteiger partial charge on any atom is -0.440 e. The molecule has 5 rings (SSSR count). The number of urea groups is 1. The Morgan fingerprint density at radius 3 is 2.98 bits per heavy atom. The molecule has 2 N–H and O–H groups in total. The van der Waals surface area contributed by atoms with Crippen molar-refractivity contribution in [3.63, 3.8) is 0 Å². The van der Waals surface area contributed by atoms with Gasteiger partial charge in [-0.25, -0.2) is 19.6 Å². The summed E-state index contributed by atoms with van der Waals surface area (Å²) in [5.74, 6) is 2.31. The lowest BCUT2D eigenvalue weighted by Gasteiger charge is -2.29. The summed E-state index contributed by atoms with van der Waals surface area (Å²) in [4.78, 5) is 48.5. The number of fused-ring (bicyclic) bond motifs is 1. The van der Waals surface area contributed by atoms with E-state index in [4.69, 9.17) is 14.2 Å². The maximum absolute atomic E-state index is 13.4. The van der Waals surface area contributed by atoms with Crippen LogP contribution in [0.1, 0.15) is 33.6 Å². The molecule has 2 aromatic heterocycles. The summed E-state index contributed by atoms with van der Waals surface area (Å²) in [6.07, 6.45) is 9.46. The molecule has 210 valence electrons. The Labute approximate surface area is 235 Å². The van der Waals surface area contributed by atoms with E-state index in [0.29, 0.717) is 61.5 Å². The molecule has 5 heterocycles. The maximum Gasteiger partial charge on any atom is 0.328 e. The molecule has 0 radical (unpaired) electrons. The van der Waals surface area contributed by atoms with Crippen LogP contribution in [0.5, 0.6) is 0 Å². The van der Waals surface area contributed by atoms with Crippen LogP contribution in [0, 0.1) is 11.3 Å². The minimum absolute atomic E-state index is 0.0486. The van der Waals surface area contributed by atoms with Gasteiger partial charge in [0.1, 0.15) is 29.5 Å². The molecule has 13 nitrogen and oxygen atoms in total. The number of hydrogen-bond donors (Lipinski definition) is 2. The predicted molar refractivity (Wildman–Crippen MR) is 146 cm³/mol. The average Bonchev–Trinajstić information content (AvgIpc) is 3.32. The second-order valence-electron chi connectivity index (χ2n) is 9.43. The SMILES string of the molecule is CO[C@@H]1COC[C@H]1Nc1cc(NC(=O)N2CCCc3cc(CN4C=CC=COC4=C=O)c(C=O)nc32)ncc1C#N. The highest BCUT2D eigenvalue weighted by Gasteiger charge is 2.30. The first-order valence-electron chi connectivity index (χ1n) is 12.9. The molecule has 2 aromatic rings. The summed E-state index contributed by atoms with van der Waals surface area (Å²) < 4.78 is 16.2. The molecule has 1 saturated heterocycles. The van der Waals surface area contributed by atoms with Gasteiger partial charge in [-0.1, -0.05) is 0 Å². The molecule has 13 heteroatoms. The van der Waals surface area contributed by atoms with E-state index in [-0.39, 0.29) is 36.1 Å². The second-order valence-corrected chi connectivity index (χ2v) is 9.43. The van der Waals surface area contributed by atoms with Crippen molar-refractivity contribution >= 4 is 35.6 Å². The zero-order chi connectivity index (χ0) is 28.8. The number of nitrogens with zero attached hydrogens (tertiary/aromatic N) is 5. The van der Waals surface area contributed by atoms with Crippen LogP contribution in [0.4, 0.5) is 22.1 Å². The molecule has 2 amide bonds. The van der Waals surface area contributed by atoms with Crippen LogP contribution in [0.15, 0.2) is 48.8 Å². The summed E-state index contributed by atoms with van der Waals surface area (Å²) in [5, 5.41) is 15.6. The lowest BCUT2D eigenvalue weighted by Crippen LogP contribution is -2.40. The van der Waals surface area contributed by atoms with Crippen LogP contribution in [-0.4, -0.2) is 72.1 Å². The number of nitriles is 1. The van der Waals surface area contributed by atoms with Crippen molar-refractivity contribution in [2.45, 2.75) is 31.5 Å². The smallest absolute Gasteiger partial charge is 0.328 e.